The summed E-state index contributed by atoms with van der Waals surface area (Å²) in [4.78, 5) is 35.4. The summed E-state index contributed by atoms with van der Waals surface area (Å²) in [5.74, 6) is -0.856. The maximum atomic E-state index is 12.8. The normalized spacial score (nSPS) is 14.1. The molecule has 10 heteroatoms. The molecule has 0 radical (unpaired) electrons. The van der Waals surface area contributed by atoms with Gasteiger partial charge in [-0.15, -0.1) is 0 Å². The Morgan fingerprint density at radius 3 is 0.794 bits per heavy atom. The molecular formula is C87H138NO8P. The lowest BCUT2D eigenvalue weighted by molar-refractivity contribution is -0.161. The SMILES string of the molecule is CC/C=C\C/C=C\C/C=C\C/C=C\C/C=C\C/C=C\C/C=C\C/C=C\C/C=C\C/C=C\CCCCCCCCC(=O)OC(COC(=O)CCCCCCCCCCCCCCCC/C=C\C/C=C\C/C=C\C/C=C\C/C=C\C/C=C\C/C=C\C/C=C\CC)COP(=O)(O)OCCN. The number of esters is 2. The molecule has 0 heterocycles. The molecule has 0 spiro atoms. The highest BCUT2D eigenvalue weighted by Gasteiger charge is 2.26. The number of hydrogen-bond acceptors (Lipinski definition) is 8. The minimum atomic E-state index is -4.42. The average Bonchev–Trinajstić information content (AvgIpc) is 2.17. The second kappa shape index (κ2) is 79.3. The largest absolute Gasteiger partial charge is 0.472 e. The fraction of sp³-hybridized carbons (Fsp3) is 0.563. The van der Waals surface area contributed by atoms with E-state index in [0.29, 0.717) is 6.42 Å². The number of carbonyl (C=O) groups is 2. The summed E-state index contributed by atoms with van der Waals surface area (Å²) < 4.78 is 33.2. The molecule has 0 aliphatic carbocycles. The Bertz CT molecular complexity index is 2400. The van der Waals surface area contributed by atoms with Crippen LogP contribution < -0.4 is 5.73 Å². The van der Waals surface area contributed by atoms with Gasteiger partial charge in [0.25, 0.3) is 0 Å². The van der Waals surface area contributed by atoms with E-state index in [4.69, 9.17) is 24.3 Å². The fourth-order valence-electron chi connectivity index (χ4n) is 9.80. The van der Waals surface area contributed by atoms with Gasteiger partial charge in [-0.05, 0) is 154 Å². The molecule has 0 amide bonds. The number of phosphoric ester groups is 1. The van der Waals surface area contributed by atoms with Crippen molar-refractivity contribution in [1.82, 2.24) is 0 Å². The van der Waals surface area contributed by atoms with E-state index in [-0.39, 0.29) is 32.6 Å². The van der Waals surface area contributed by atoms with Crippen LogP contribution in [0.1, 0.15) is 284 Å². The Morgan fingerprint density at radius 2 is 0.536 bits per heavy atom. The number of nitrogens with two attached hydrogens (primary N) is 1. The third kappa shape index (κ3) is 79.2. The first-order valence-electron chi connectivity index (χ1n) is 38.2. The van der Waals surface area contributed by atoms with E-state index in [1.807, 2.05) is 0 Å². The average molecular weight is 1360 g/mol. The van der Waals surface area contributed by atoms with Crippen LogP contribution in [0.3, 0.4) is 0 Å². The molecule has 9 nitrogen and oxygen atoms in total. The Kier molecular flexibility index (Phi) is 74.7. The predicted molar refractivity (Wildman–Crippen MR) is 421 cm³/mol. The van der Waals surface area contributed by atoms with Gasteiger partial charge >= 0.3 is 19.8 Å². The van der Waals surface area contributed by atoms with Gasteiger partial charge in [0.2, 0.25) is 0 Å². The lowest BCUT2D eigenvalue weighted by atomic mass is 10.0. The molecule has 0 aromatic heterocycles. The summed E-state index contributed by atoms with van der Waals surface area (Å²) in [6, 6.07) is 0. The van der Waals surface area contributed by atoms with E-state index in [2.05, 4.69) is 233 Å². The molecule has 97 heavy (non-hydrogen) atoms. The molecule has 0 rings (SSSR count). The Labute approximate surface area is 594 Å². The minimum absolute atomic E-state index is 0.0404. The third-order valence-corrected chi connectivity index (χ3v) is 16.3. The van der Waals surface area contributed by atoms with E-state index in [0.717, 1.165) is 180 Å². The van der Waals surface area contributed by atoms with E-state index >= 15 is 0 Å². The zero-order valence-corrected chi connectivity index (χ0v) is 62.1. The molecule has 544 valence electrons. The maximum Gasteiger partial charge on any atom is 0.472 e. The molecule has 0 aromatic rings. The molecule has 2 unspecified atom stereocenters. The summed E-state index contributed by atoms with van der Waals surface area (Å²) in [5.41, 5.74) is 5.41. The monoisotopic (exact) mass is 1360 g/mol. The zero-order chi connectivity index (χ0) is 70.0. The summed E-state index contributed by atoms with van der Waals surface area (Å²) in [5, 5.41) is 0. The molecule has 0 fully saturated rings. The van der Waals surface area contributed by atoms with Crippen LogP contribution in [0, 0.1) is 0 Å². The Hall–Kier alpha value is -5.67. The molecule has 0 saturated heterocycles. The highest BCUT2D eigenvalue weighted by Crippen LogP contribution is 2.43. The second-order valence-corrected chi connectivity index (χ2v) is 25.9. The van der Waals surface area contributed by atoms with Gasteiger partial charge < -0.3 is 20.1 Å². The molecule has 0 bridgehead atoms. The van der Waals surface area contributed by atoms with Crippen LogP contribution in [-0.2, 0) is 32.7 Å². The Balaban J connectivity index is 3.97. The summed E-state index contributed by atoms with van der Waals surface area (Å²) in [6.45, 7) is 3.49. The van der Waals surface area contributed by atoms with Gasteiger partial charge in [0, 0.05) is 19.4 Å². The summed E-state index contributed by atoms with van der Waals surface area (Å²) in [6.07, 6.45) is 123. The standard InChI is InChI=1S/C87H138NO8P/c1-3-5-7-9-11-13-15-17-19-21-23-25-27-29-31-33-35-37-39-41-42-44-45-47-49-51-53-55-57-59-61-63-65-67-69-71-73-75-77-79-86(89)93-83-85(84-95-97(91,92)94-82-81-88)96-87(90)80-78-76-74-72-70-68-66-64-62-60-58-56-54-52-50-48-46-43-40-38-36-34-32-30-28-26-24-22-20-18-16-14-12-10-8-6-4-2/h5-8,11-14,17-20,23-26,29-32,35-38,41-43,45-47,50,52,56,58,62,64,85H,3-4,9-10,15-16,21-22,27-28,33-34,39-40,44,48-49,51,53-55,57,59-61,63,65-84,88H2,1-2H3,(H,91,92)/b7-5-,8-6-,13-11-,14-12-,19-17-,20-18-,25-23-,26-24-,31-29-,32-30-,37-35-,38-36-,42-41-,46-43-,47-45-,52-50-,58-56-,64-62-. The van der Waals surface area contributed by atoms with Crippen LogP contribution in [0.25, 0.3) is 0 Å². The van der Waals surface area contributed by atoms with Crippen LogP contribution in [0.15, 0.2) is 219 Å². The van der Waals surface area contributed by atoms with Crippen LogP contribution in [0.5, 0.6) is 0 Å². The van der Waals surface area contributed by atoms with E-state index in [1.165, 1.54) is 70.6 Å². The minimum Gasteiger partial charge on any atom is -0.462 e. The first kappa shape index (κ1) is 91.3. The number of ether oxygens (including phenoxy) is 2. The van der Waals surface area contributed by atoms with Crippen molar-refractivity contribution >= 4 is 19.8 Å². The molecule has 0 aliphatic rings. The predicted octanol–water partition coefficient (Wildman–Crippen LogP) is 26.0. The highest BCUT2D eigenvalue weighted by molar-refractivity contribution is 7.47. The number of carbonyl (C=O) groups excluding carboxylic acids is 2. The molecule has 0 saturated carbocycles. The van der Waals surface area contributed by atoms with E-state index in [9.17, 15) is 19.0 Å². The van der Waals surface area contributed by atoms with Crippen molar-refractivity contribution < 1.29 is 37.6 Å². The van der Waals surface area contributed by atoms with Gasteiger partial charge in [-0.1, -0.05) is 335 Å². The lowest BCUT2D eigenvalue weighted by Crippen LogP contribution is -2.29. The first-order chi connectivity index (χ1) is 47.8. The Morgan fingerprint density at radius 1 is 0.309 bits per heavy atom. The van der Waals surface area contributed by atoms with Crippen LogP contribution >= 0.6 is 7.82 Å². The lowest BCUT2D eigenvalue weighted by Gasteiger charge is -2.19. The van der Waals surface area contributed by atoms with Crippen molar-refractivity contribution in [2.45, 2.75) is 290 Å². The number of allylic oxidation sites excluding steroid dienone is 36. The van der Waals surface area contributed by atoms with Crippen molar-refractivity contribution in [3.05, 3.63) is 219 Å². The van der Waals surface area contributed by atoms with Gasteiger partial charge in [-0.25, -0.2) is 4.57 Å². The summed E-state index contributed by atoms with van der Waals surface area (Å²) in [7, 11) is -4.42. The zero-order valence-electron chi connectivity index (χ0n) is 61.2. The molecule has 0 aliphatic heterocycles. The van der Waals surface area contributed by atoms with Crippen molar-refractivity contribution in [2.75, 3.05) is 26.4 Å². The second-order valence-electron chi connectivity index (χ2n) is 24.4. The summed E-state index contributed by atoms with van der Waals surface area (Å²) >= 11 is 0. The number of unbranched alkanes of at least 4 members (excludes halogenated alkanes) is 20. The molecule has 2 atom stereocenters. The molecule has 0 aromatic carbocycles. The van der Waals surface area contributed by atoms with Gasteiger partial charge in [0.15, 0.2) is 6.10 Å². The topological polar surface area (TPSA) is 134 Å². The smallest absolute Gasteiger partial charge is 0.462 e. The van der Waals surface area contributed by atoms with Crippen molar-refractivity contribution in [1.29, 1.82) is 0 Å². The van der Waals surface area contributed by atoms with Crippen molar-refractivity contribution in [2.24, 2.45) is 5.73 Å². The number of rotatable bonds is 69. The molecular weight excluding hydrogens is 1220 g/mol. The molecule has 3 N–H and O–H groups in total. The fourth-order valence-corrected chi connectivity index (χ4v) is 10.6. The number of hydrogen-bond donors (Lipinski definition) is 2. The first-order valence-corrected chi connectivity index (χ1v) is 39.7. The van der Waals surface area contributed by atoms with Crippen molar-refractivity contribution in [3.63, 3.8) is 0 Å². The highest BCUT2D eigenvalue weighted by atomic mass is 31.2. The van der Waals surface area contributed by atoms with Gasteiger partial charge in [-0.2, -0.15) is 0 Å². The van der Waals surface area contributed by atoms with E-state index < -0.39 is 32.5 Å². The van der Waals surface area contributed by atoms with Crippen LogP contribution in [-0.4, -0.2) is 49.3 Å². The van der Waals surface area contributed by atoms with Gasteiger partial charge in [-0.3, -0.25) is 18.6 Å². The maximum absolute atomic E-state index is 12.8. The van der Waals surface area contributed by atoms with Crippen LogP contribution in [0.4, 0.5) is 0 Å². The van der Waals surface area contributed by atoms with Gasteiger partial charge in [0.1, 0.15) is 6.61 Å². The third-order valence-electron chi connectivity index (χ3n) is 15.4. The quantitative estimate of drug-likeness (QED) is 0.0264. The van der Waals surface area contributed by atoms with E-state index in [1.54, 1.807) is 0 Å². The van der Waals surface area contributed by atoms with Crippen LogP contribution in [0.2, 0.25) is 0 Å². The van der Waals surface area contributed by atoms with Crippen molar-refractivity contribution in [3.8, 4) is 0 Å². The number of phosphoric acid groups is 1. The van der Waals surface area contributed by atoms with Gasteiger partial charge in [0.05, 0.1) is 13.2 Å².